The molecule has 4 heteroatoms. The summed E-state index contributed by atoms with van der Waals surface area (Å²) < 4.78 is 0. The normalized spacial score (nSPS) is 11.5. The van der Waals surface area contributed by atoms with Crippen LogP contribution >= 0.6 is 0 Å². The first kappa shape index (κ1) is 15.4. The molecule has 2 aromatic heterocycles. The molecule has 0 aliphatic heterocycles. The molecule has 112 valence electrons. The highest BCUT2D eigenvalue weighted by Crippen LogP contribution is 2.26. The van der Waals surface area contributed by atoms with Crippen LogP contribution in [0.5, 0.6) is 0 Å². The predicted molar refractivity (Wildman–Crippen MR) is 87.5 cm³/mol. The molecule has 0 unspecified atom stereocenters. The Bertz CT molecular complexity index is 614. The average molecular weight is 284 g/mol. The zero-order valence-electron chi connectivity index (χ0n) is 13.6. The molecule has 0 aromatic carbocycles. The molecule has 2 aromatic rings. The Balaban J connectivity index is 2.52. The van der Waals surface area contributed by atoms with Gasteiger partial charge in [-0.05, 0) is 25.0 Å². The minimum absolute atomic E-state index is 0.0126. The van der Waals surface area contributed by atoms with E-state index in [1.54, 1.807) is 6.20 Å². The van der Waals surface area contributed by atoms with Gasteiger partial charge in [-0.2, -0.15) is 0 Å². The summed E-state index contributed by atoms with van der Waals surface area (Å²) in [5, 5.41) is 3.37. The van der Waals surface area contributed by atoms with Crippen LogP contribution in [-0.4, -0.2) is 21.5 Å². The smallest absolute Gasteiger partial charge is 0.162 e. The lowest BCUT2D eigenvalue weighted by molar-refractivity contribution is 0.568. The Labute approximate surface area is 127 Å². The van der Waals surface area contributed by atoms with E-state index in [4.69, 9.17) is 4.98 Å². The molecule has 4 nitrogen and oxygen atoms in total. The van der Waals surface area contributed by atoms with Crippen molar-refractivity contribution in [2.24, 2.45) is 0 Å². The number of nitrogens with zero attached hydrogens (tertiary/aromatic N) is 3. The van der Waals surface area contributed by atoms with E-state index < -0.39 is 0 Å². The Kier molecular flexibility index (Phi) is 4.56. The van der Waals surface area contributed by atoms with Crippen LogP contribution in [0.25, 0.3) is 11.4 Å². The highest BCUT2D eigenvalue weighted by Gasteiger charge is 2.19. The number of nitrogens with one attached hydrogen (secondary N) is 1. The van der Waals surface area contributed by atoms with Gasteiger partial charge in [0.2, 0.25) is 0 Å². The fourth-order valence-electron chi connectivity index (χ4n) is 2.02. The van der Waals surface area contributed by atoms with E-state index in [9.17, 15) is 0 Å². The third kappa shape index (κ3) is 3.78. The maximum Gasteiger partial charge on any atom is 0.162 e. The number of aryl methyl sites for hydroxylation is 1. The Hall–Kier alpha value is -1.97. The van der Waals surface area contributed by atoms with Crippen LogP contribution in [0.4, 0.5) is 5.82 Å². The van der Waals surface area contributed by atoms with Gasteiger partial charge in [0.05, 0.1) is 5.69 Å². The molecule has 0 saturated carbocycles. The van der Waals surface area contributed by atoms with E-state index in [1.165, 1.54) is 0 Å². The number of pyridine rings is 1. The van der Waals surface area contributed by atoms with Crippen molar-refractivity contribution in [3.05, 3.63) is 35.8 Å². The van der Waals surface area contributed by atoms with Crippen LogP contribution in [0, 0.1) is 6.92 Å². The lowest BCUT2D eigenvalue weighted by Crippen LogP contribution is -2.16. The van der Waals surface area contributed by atoms with Gasteiger partial charge in [0, 0.05) is 36.0 Å². The molecule has 21 heavy (non-hydrogen) atoms. The number of anilines is 1. The van der Waals surface area contributed by atoms with Gasteiger partial charge in [0.1, 0.15) is 5.82 Å². The van der Waals surface area contributed by atoms with Crippen LogP contribution in [0.3, 0.4) is 0 Å². The summed E-state index contributed by atoms with van der Waals surface area (Å²) in [4.78, 5) is 13.6. The summed E-state index contributed by atoms with van der Waals surface area (Å²) >= 11 is 0. The van der Waals surface area contributed by atoms with Crippen molar-refractivity contribution in [1.29, 1.82) is 0 Å². The minimum Gasteiger partial charge on any atom is -0.370 e. The van der Waals surface area contributed by atoms with Gasteiger partial charge in [-0.15, -0.1) is 0 Å². The van der Waals surface area contributed by atoms with Crippen molar-refractivity contribution in [3.63, 3.8) is 0 Å². The summed E-state index contributed by atoms with van der Waals surface area (Å²) in [6.45, 7) is 11.6. The van der Waals surface area contributed by atoms with Crippen molar-refractivity contribution < 1.29 is 0 Å². The van der Waals surface area contributed by atoms with Gasteiger partial charge in [0.15, 0.2) is 5.82 Å². The van der Waals surface area contributed by atoms with Crippen LogP contribution in [0.2, 0.25) is 0 Å². The van der Waals surface area contributed by atoms with Gasteiger partial charge in [-0.25, -0.2) is 9.97 Å². The zero-order valence-corrected chi connectivity index (χ0v) is 13.6. The van der Waals surface area contributed by atoms with Crippen molar-refractivity contribution in [2.75, 3.05) is 11.9 Å². The predicted octanol–water partition coefficient (Wildman–Crippen LogP) is 3.97. The maximum absolute atomic E-state index is 4.76. The lowest BCUT2D eigenvalue weighted by Gasteiger charge is -2.20. The van der Waals surface area contributed by atoms with E-state index in [2.05, 4.69) is 49.0 Å². The van der Waals surface area contributed by atoms with Crippen molar-refractivity contribution in [1.82, 2.24) is 15.0 Å². The standard InChI is InChI=1S/C17H24N4/c1-6-8-19-15-10-14(17(3,4)5)20-16(21-15)13-7-9-18-11-12(13)2/h7,9-11H,6,8H2,1-5H3,(H,19,20,21). The van der Waals surface area contributed by atoms with Gasteiger partial charge in [0.25, 0.3) is 0 Å². The van der Waals surface area contributed by atoms with E-state index in [0.29, 0.717) is 0 Å². The number of hydrogen-bond acceptors (Lipinski definition) is 4. The molecule has 0 saturated heterocycles. The van der Waals surface area contributed by atoms with Crippen molar-refractivity contribution in [3.8, 4) is 11.4 Å². The molecule has 2 rings (SSSR count). The monoisotopic (exact) mass is 284 g/mol. The first-order valence-corrected chi connectivity index (χ1v) is 7.46. The van der Waals surface area contributed by atoms with Crippen LogP contribution in [0.1, 0.15) is 45.4 Å². The third-order valence-electron chi connectivity index (χ3n) is 3.31. The second-order valence-electron chi connectivity index (χ2n) is 6.33. The summed E-state index contributed by atoms with van der Waals surface area (Å²) in [7, 11) is 0. The molecule has 0 atom stereocenters. The van der Waals surface area contributed by atoms with Gasteiger partial charge >= 0.3 is 0 Å². The van der Waals surface area contributed by atoms with E-state index in [0.717, 1.165) is 41.4 Å². The van der Waals surface area contributed by atoms with E-state index in [-0.39, 0.29) is 5.41 Å². The average Bonchev–Trinajstić information content (AvgIpc) is 2.44. The SMILES string of the molecule is CCCNc1cc(C(C)(C)C)nc(-c2ccncc2C)n1. The molecule has 2 heterocycles. The second kappa shape index (κ2) is 6.20. The molecule has 0 amide bonds. The highest BCUT2D eigenvalue weighted by molar-refractivity contribution is 5.61. The molecule has 0 aliphatic rings. The Morgan fingerprint density at radius 2 is 1.95 bits per heavy atom. The Morgan fingerprint density at radius 1 is 1.19 bits per heavy atom. The molecule has 1 N–H and O–H groups in total. The number of hydrogen-bond donors (Lipinski definition) is 1. The largest absolute Gasteiger partial charge is 0.370 e. The fourth-order valence-corrected chi connectivity index (χ4v) is 2.02. The first-order valence-electron chi connectivity index (χ1n) is 7.46. The summed E-state index contributed by atoms with van der Waals surface area (Å²) in [6.07, 6.45) is 4.70. The quantitative estimate of drug-likeness (QED) is 0.923. The lowest BCUT2D eigenvalue weighted by atomic mass is 9.91. The number of rotatable bonds is 4. The minimum atomic E-state index is -0.0126. The van der Waals surface area contributed by atoms with Crippen molar-refractivity contribution >= 4 is 5.82 Å². The zero-order chi connectivity index (χ0) is 15.5. The molecule has 0 bridgehead atoms. The van der Waals surface area contributed by atoms with Crippen LogP contribution in [-0.2, 0) is 5.41 Å². The van der Waals surface area contributed by atoms with Gasteiger partial charge in [-0.1, -0.05) is 27.7 Å². The highest BCUT2D eigenvalue weighted by atomic mass is 15.0. The van der Waals surface area contributed by atoms with Gasteiger partial charge in [-0.3, -0.25) is 4.98 Å². The summed E-state index contributed by atoms with van der Waals surface area (Å²) in [5.74, 6) is 1.66. The molecular formula is C17H24N4. The fraction of sp³-hybridized carbons (Fsp3) is 0.471. The molecule has 0 aliphatic carbocycles. The summed E-state index contributed by atoms with van der Waals surface area (Å²) in [5.41, 5.74) is 3.16. The van der Waals surface area contributed by atoms with E-state index in [1.807, 2.05) is 19.2 Å². The van der Waals surface area contributed by atoms with E-state index >= 15 is 0 Å². The third-order valence-corrected chi connectivity index (χ3v) is 3.31. The number of aromatic nitrogens is 3. The topological polar surface area (TPSA) is 50.7 Å². The van der Waals surface area contributed by atoms with Crippen LogP contribution < -0.4 is 5.32 Å². The van der Waals surface area contributed by atoms with Gasteiger partial charge < -0.3 is 5.32 Å². The van der Waals surface area contributed by atoms with Crippen molar-refractivity contribution in [2.45, 2.75) is 46.5 Å². The molecular weight excluding hydrogens is 260 g/mol. The summed E-state index contributed by atoms with van der Waals surface area (Å²) in [6, 6.07) is 4.02. The molecule has 0 radical (unpaired) electrons. The van der Waals surface area contributed by atoms with Crippen LogP contribution in [0.15, 0.2) is 24.5 Å². The molecule has 0 spiro atoms. The Morgan fingerprint density at radius 3 is 2.57 bits per heavy atom. The maximum atomic E-state index is 4.76. The molecule has 0 fully saturated rings. The second-order valence-corrected chi connectivity index (χ2v) is 6.33. The first-order chi connectivity index (χ1) is 9.91.